The van der Waals surface area contributed by atoms with Gasteiger partial charge in [0, 0.05) is 5.56 Å². The second kappa shape index (κ2) is 7.78. The summed E-state index contributed by atoms with van der Waals surface area (Å²) in [6.07, 6.45) is 0.942. The zero-order valence-electron chi connectivity index (χ0n) is 12.4. The molecule has 1 aromatic carbocycles. The van der Waals surface area contributed by atoms with Gasteiger partial charge >= 0.3 is 5.97 Å². The molecule has 1 saturated heterocycles. The van der Waals surface area contributed by atoms with Crippen LogP contribution in [-0.4, -0.2) is 37.6 Å². The summed E-state index contributed by atoms with van der Waals surface area (Å²) in [7, 11) is 0. The Morgan fingerprint density at radius 3 is 2.86 bits per heavy atom. The van der Waals surface area contributed by atoms with E-state index >= 15 is 0 Å². The SMILES string of the molecule is CCCOC(=O)C[C@@H]1C(=O)NCC[NH+]1Cc1ccccc1. The molecule has 2 atom stereocenters. The lowest BCUT2D eigenvalue weighted by Gasteiger charge is -2.31. The quantitative estimate of drug-likeness (QED) is 0.720. The number of quaternary nitrogens is 1. The maximum atomic E-state index is 12.1. The first kappa shape index (κ1) is 15.5. The molecule has 0 spiro atoms. The third kappa shape index (κ3) is 4.56. The average molecular weight is 291 g/mol. The van der Waals surface area contributed by atoms with E-state index in [1.54, 1.807) is 0 Å². The van der Waals surface area contributed by atoms with Crippen molar-refractivity contribution >= 4 is 11.9 Å². The molecular weight excluding hydrogens is 268 g/mol. The molecule has 0 aliphatic carbocycles. The fraction of sp³-hybridized carbons (Fsp3) is 0.500. The molecule has 1 aliphatic rings. The van der Waals surface area contributed by atoms with Crippen molar-refractivity contribution in [3.63, 3.8) is 0 Å². The summed E-state index contributed by atoms with van der Waals surface area (Å²) in [6.45, 7) is 4.60. The molecule has 5 nitrogen and oxygen atoms in total. The normalized spacial score (nSPS) is 21.7. The summed E-state index contributed by atoms with van der Waals surface area (Å²) < 4.78 is 5.11. The number of amides is 1. The molecule has 2 N–H and O–H groups in total. The second-order valence-electron chi connectivity index (χ2n) is 5.34. The maximum absolute atomic E-state index is 12.1. The molecule has 1 fully saturated rings. The minimum atomic E-state index is -0.358. The van der Waals surface area contributed by atoms with Crippen LogP contribution in [0, 0.1) is 0 Å². The molecule has 0 radical (unpaired) electrons. The zero-order valence-corrected chi connectivity index (χ0v) is 12.4. The lowest BCUT2D eigenvalue weighted by Crippen LogP contribution is -3.18. The minimum Gasteiger partial charge on any atom is -0.466 e. The van der Waals surface area contributed by atoms with Crippen LogP contribution in [0.2, 0.25) is 0 Å². The van der Waals surface area contributed by atoms with Gasteiger partial charge in [-0.15, -0.1) is 0 Å². The molecule has 0 aromatic heterocycles. The van der Waals surface area contributed by atoms with E-state index < -0.39 is 0 Å². The van der Waals surface area contributed by atoms with E-state index in [2.05, 4.69) is 5.32 Å². The van der Waals surface area contributed by atoms with Gasteiger partial charge in [-0.25, -0.2) is 0 Å². The van der Waals surface area contributed by atoms with Crippen molar-refractivity contribution in [2.45, 2.75) is 32.4 Å². The number of rotatable bonds is 6. The fourth-order valence-electron chi connectivity index (χ4n) is 2.58. The number of hydrogen-bond acceptors (Lipinski definition) is 3. The van der Waals surface area contributed by atoms with E-state index in [1.165, 1.54) is 5.56 Å². The summed E-state index contributed by atoms with van der Waals surface area (Å²) in [6, 6.07) is 9.69. The molecule has 21 heavy (non-hydrogen) atoms. The molecule has 0 saturated carbocycles. The van der Waals surface area contributed by atoms with Gasteiger partial charge in [0.15, 0.2) is 6.04 Å². The minimum absolute atomic E-state index is 0.0550. The van der Waals surface area contributed by atoms with Gasteiger partial charge < -0.3 is 15.0 Å². The molecule has 1 heterocycles. The van der Waals surface area contributed by atoms with Crippen LogP contribution < -0.4 is 10.2 Å². The number of hydrogen-bond donors (Lipinski definition) is 2. The van der Waals surface area contributed by atoms with Crippen LogP contribution >= 0.6 is 0 Å². The highest BCUT2D eigenvalue weighted by molar-refractivity contribution is 5.85. The highest BCUT2D eigenvalue weighted by atomic mass is 16.5. The van der Waals surface area contributed by atoms with E-state index in [0.717, 1.165) is 24.4 Å². The Kier molecular flexibility index (Phi) is 5.75. The number of piperazine rings is 1. The van der Waals surface area contributed by atoms with Crippen LogP contribution in [0.3, 0.4) is 0 Å². The van der Waals surface area contributed by atoms with Crippen LogP contribution in [0.1, 0.15) is 25.3 Å². The van der Waals surface area contributed by atoms with Crippen LogP contribution in [0.15, 0.2) is 30.3 Å². The van der Waals surface area contributed by atoms with Crippen LogP contribution in [0.4, 0.5) is 0 Å². The molecular formula is C16H23N2O3+. The fourth-order valence-corrected chi connectivity index (χ4v) is 2.58. The molecule has 1 amide bonds. The first-order valence-corrected chi connectivity index (χ1v) is 7.52. The van der Waals surface area contributed by atoms with Crippen molar-refractivity contribution in [3.8, 4) is 0 Å². The number of carbonyl (C=O) groups excluding carboxylic acids is 2. The molecule has 114 valence electrons. The van der Waals surface area contributed by atoms with Crippen LogP contribution in [0.5, 0.6) is 0 Å². The maximum Gasteiger partial charge on any atom is 0.312 e. The number of benzene rings is 1. The summed E-state index contributed by atoms with van der Waals surface area (Å²) >= 11 is 0. The van der Waals surface area contributed by atoms with Gasteiger partial charge in [0.1, 0.15) is 13.0 Å². The molecule has 0 bridgehead atoms. The standard InChI is InChI=1S/C16H22N2O3/c1-2-10-21-15(19)11-14-16(20)17-8-9-18(14)12-13-6-4-3-5-7-13/h3-7,14H,2,8-12H2,1H3,(H,17,20)/p+1/t14-/m1/s1. The highest BCUT2D eigenvalue weighted by Crippen LogP contribution is 2.00. The first-order valence-electron chi connectivity index (χ1n) is 7.52. The largest absolute Gasteiger partial charge is 0.466 e. The average Bonchev–Trinajstić information content (AvgIpc) is 2.50. The lowest BCUT2D eigenvalue weighted by molar-refractivity contribution is -0.930. The predicted molar refractivity (Wildman–Crippen MR) is 78.6 cm³/mol. The van der Waals surface area contributed by atoms with Crippen LogP contribution in [0.25, 0.3) is 0 Å². The van der Waals surface area contributed by atoms with Crippen molar-refractivity contribution in [2.75, 3.05) is 19.7 Å². The monoisotopic (exact) mass is 291 g/mol. The molecule has 1 aromatic rings. The summed E-state index contributed by atoms with van der Waals surface area (Å²) in [5.41, 5.74) is 1.18. The number of nitrogens with one attached hydrogen (secondary N) is 2. The second-order valence-corrected chi connectivity index (χ2v) is 5.34. The van der Waals surface area contributed by atoms with Crippen molar-refractivity contribution in [3.05, 3.63) is 35.9 Å². The Labute approximate surface area is 125 Å². The topological polar surface area (TPSA) is 59.8 Å². The number of ether oxygens (including phenoxy) is 1. The zero-order chi connectivity index (χ0) is 15.1. The Balaban J connectivity index is 1.99. The van der Waals surface area contributed by atoms with E-state index in [-0.39, 0.29) is 24.3 Å². The van der Waals surface area contributed by atoms with Crippen LogP contribution in [-0.2, 0) is 20.9 Å². The van der Waals surface area contributed by atoms with Gasteiger partial charge in [-0.3, -0.25) is 9.59 Å². The smallest absolute Gasteiger partial charge is 0.312 e. The third-order valence-electron chi connectivity index (χ3n) is 3.67. The molecule has 1 aliphatic heterocycles. The summed E-state index contributed by atoms with van der Waals surface area (Å²) in [5, 5.41) is 2.84. The van der Waals surface area contributed by atoms with E-state index in [9.17, 15) is 9.59 Å². The van der Waals surface area contributed by atoms with Gasteiger partial charge in [-0.2, -0.15) is 0 Å². The Hall–Kier alpha value is -1.88. The van der Waals surface area contributed by atoms with Gasteiger partial charge in [-0.1, -0.05) is 37.3 Å². The van der Waals surface area contributed by atoms with E-state index in [1.807, 2.05) is 37.3 Å². The summed E-state index contributed by atoms with van der Waals surface area (Å²) in [5.74, 6) is -0.343. The lowest BCUT2D eigenvalue weighted by atomic mass is 10.1. The molecule has 2 rings (SSSR count). The first-order chi connectivity index (χ1) is 10.2. The molecule has 5 heteroatoms. The van der Waals surface area contributed by atoms with Crippen molar-refractivity contribution in [1.82, 2.24) is 5.32 Å². The Bertz CT molecular complexity index is 476. The van der Waals surface area contributed by atoms with E-state index in [4.69, 9.17) is 4.74 Å². The number of esters is 1. The van der Waals surface area contributed by atoms with Crippen molar-refractivity contribution in [2.24, 2.45) is 0 Å². The summed E-state index contributed by atoms with van der Waals surface area (Å²) in [4.78, 5) is 25.0. The van der Waals surface area contributed by atoms with Gasteiger partial charge in [0.2, 0.25) is 0 Å². The van der Waals surface area contributed by atoms with E-state index in [0.29, 0.717) is 13.2 Å². The highest BCUT2D eigenvalue weighted by Gasteiger charge is 2.35. The Morgan fingerprint density at radius 1 is 1.38 bits per heavy atom. The van der Waals surface area contributed by atoms with Crippen molar-refractivity contribution in [1.29, 1.82) is 0 Å². The third-order valence-corrected chi connectivity index (χ3v) is 3.67. The number of carbonyl (C=O) groups is 2. The van der Waals surface area contributed by atoms with Gasteiger partial charge in [0.05, 0.1) is 19.7 Å². The predicted octanol–water partition coefficient (Wildman–Crippen LogP) is -0.0868. The molecule has 1 unspecified atom stereocenters. The van der Waals surface area contributed by atoms with Crippen molar-refractivity contribution < 1.29 is 19.2 Å². The Morgan fingerprint density at radius 2 is 2.14 bits per heavy atom. The van der Waals surface area contributed by atoms with Gasteiger partial charge in [0.25, 0.3) is 5.91 Å². The van der Waals surface area contributed by atoms with Gasteiger partial charge in [-0.05, 0) is 6.42 Å².